The fraction of sp³-hybridized carbons (Fsp3) is 0.211. The first-order valence-corrected chi connectivity index (χ1v) is 10.0. The molecule has 2 heterocycles. The lowest BCUT2D eigenvalue weighted by molar-refractivity contribution is -0.118. The topological polar surface area (TPSA) is 62.3 Å². The predicted molar refractivity (Wildman–Crippen MR) is 108 cm³/mol. The quantitative estimate of drug-likeness (QED) is 0.644. The normalized spacial score (nSPS) is 10.5. The first kappa shape index (κ1) is 18.3. The highest BCUT2D eigenvalue weighted by Gasteiger charge is 2.12. The largest absolute Gasteiger partial charge is 0.316 e. The van der Waals surface area contributed by atoms with E-state index >= 15 is 0 Å². The Kier molecular flexibility index (Phi) is 6.14. The van der Waals surface area contributed by atoms with Crippen molar-refractivity contribution in [3.8, 4) is 10.6 Å². The second-order valence-corrected chi connectivity index (χ2v) is 7.51. The van der Waals surface area contributed by atoms with Gasteiger partial charge in [-0.15, -0.1) is 22.7 Å². The number of aromatic nitrogens is 1. The summed E-state index contributed by atoms with van der Waals surface area (Å²) in [6.45, 7) is 0. The van der Waals surface area contributed by atoms with Crippen LogP contribution in [0.1, 0.15) is 19.3 Å². The van der Waals surface area contributed by atoms with Crippen molar-refractivity contribution in [2.45, 2.75) is 19.3 Å². The summed E-state index contributed by atoms with van der Waals surface area (Å²) in [6.07, 6.45) is 1.13. The molecule has 0 atom stereocenters. The van der Waals surface area contributed by atoms with E-state index in [1.165, 1.54) is 11.3 Å². The third-order valence-corrected chi connectivity index (χ3v) is 5.49. The molecule has 134 valence electrons. The maximum absolute atomic E-state index is 12.2. The maximum atomic E-state index is 12.2. The van der Waals surface area contributed by atoms with Gasteiger partial charge in [0.05, 0.1) is 10.6 Å². The van der Waals surface area contributed by atoms with E-state index in [1.54, 1.807) is 23.3 Å². The van der Waals surface area contributed by atoms with E-state index in [-0.39, 0.29) is 11.8 Å². The van der Waals surface area contributed by atoms with Crippen LogP contribution >= 0.6 is 22.7 Å². The number of nitrogens with zero attached hydrogens (tertiary/aromatic N) is 2. The van der Waals surface area contributed by atoms with Crippen LogP contribution in [0.2, 0.25) is 0 Å². The Morgan fingerprint density at radius 1 is 1.08 bits per heavy atom. The summed E-state index contributed by atoms with van der Waals surface area (Å²) in [5, 5.41) is 7.32. The maximum Gasteiger partial charge on any atom is 0.226 e. The smallest absolute Gasteiger partial charge is 0.226 e. The second kappa shape index (κ2) is 8.73. The molecule has 0 aliphatic heterocycles. The number of amides is 2. The standard InChI is InChI=1S/C19H19N3O2S2/c1-22(14-7-3-2-4-8-14)18(24)11-5-10-17(23)21-19-20-15(13-26-19)16-9-6-12-25-16/h2-4,6-9,12-13H,5,10-11H2,1H3,(H,20,21,23). The Morgan fingerprint density at radius 3 is 2.62 bits per heavy atom. The molecule has 0 radical (unpaired) electrons. The number of anilines is 2. The molecular weight excluding hydrogens is 366 g/mol. The van der Waals surface area contributed by atoms with E-state index in [2.05, 4.69) is 10.3 Å². The van der Waals surface area contributed by atoms with E-state index in [0.717, 1.165) is 16.3 Å². The zero-order valence-corrected chi connectivity index (χ0v) is 16.0. The minimum absolute atomic E-state index is 0.00164. The highest BCUT2D eigenvalue weighted by atomic mass is 32.1. The van der Waals surface area contributed by atoms with Gasteiger partial charge in [0, 0.05) is 31.0 Å². The molecule has 0 aliphatic rings. The molecule has 1 aromatic carbocycles. The molecule has 0 aliphatic carbocycles. The van der Waals surface area contributed by atoms with Crippen LogP contribution in [-0.4, -0.2) is 23.8 Å². The van der Waals surface area contributed by atoms with E-state index in [4.69, 9.17) is 0 Å². The summed E-state index contributed by atoms with van der Waals surface area (Å²) < 4.78 is 0. The Balaban J connectivity index is 1.44. The molecule has 0 fully saturated rings. The molecule has 0 saturated heterocycles. The van der Waals surface area contributed by atoms with Gasteiger partial charge in [0.1, 0.15) is 0 Å². The number of nitrogens with one attached hydrogen (secondary N) is 1. The third kappa shape index (κ3) is 4.77. The van der Waals surface area contributed by atoms with Crippen molar-refractivity contribution in [1.29, 1.82) is 0 Å². The number of para-hydroxylation sites is 1. The van der Waals surface area contributed by atoms with Crippen LogP contribution in [0.25, 0.3) is 10.6 Å². The zero-order valence-electron chi connectivity index (χ0n) is 14.3. The monoisotopic (exact) mass is 385 g/mol. The summed E-state index contributed by atoms with van der Waals surface area (Å²) in [7, 11) is 1.75. The van der Waals surface area contributed by atoms with Gasteiger partial charge in [-0.25, -0.2) is 4.98 Å². The molecule has 0 saturated carbocycles. The fourth-order valence-electron chi connectivity index (χ4n) is 2.41. The number of rotatable bonds is 7. The van der Waals surface area contributed by atoms with Crippen molar-refractivity contribution in [2.24, 2.45) is 0 Å². The number of carbonyl (C=O) groups is 2. The number of hydrogen-bond acceptors (Lipinski definition) is 5. The predicted octanol–water partition coefficient (Wildman–Crippen LogP) is 4.64. The zero-order chi connectivity index (χ0) is 18.4. The second-order valence-electron chi connectivity index (χ2n) is 5.71. The molecule has 7 heteroatoms. The molecule has 0 unspecified atom stereocenters. The molecule has 1 N–H and O–H groups in total. The van der Waals surface area contributed by atoms with Crippen molar-refractivity contribution in [2.75, 3.05) is 17.3 Å². The van der Waals surface area contributed by atoms with Crippen LogP contribution in [0, 0.1) is 0 Å². The number of carbonyl (C=O) groups excluding carboxylic acids is 2. The number of thiophene rings is 1. The van der Waals surface area contributed by atoms with Gasteiger partial charge in [-0.2, -0.15) is 0 Å². The van der Waals surface area contributed by atoms with Crippen LogP contribution in [0.4, 0.5) is 10.8 Å². The van der Waals surface area contributed by atoms with Gasteiger partial charge in [0.25, 0.3) is 0 Å². The van der Waals surface area contributed by atoms with Crippen LogP contribution in [0.5, 0.6) is 0 Å². The lowest BCUT2D eigenvalue weighted by atomic mass is 10.2. The SMILES string of the molecule is CN(C(=O)CCCC(=O)Nc1nc(-c2cccs2)cs1)c1ccccc1. The van der Waals surface area contributed by atoms with Crippen molar-refractivity contribution in [3.05, 3.63) is 53.2 Å². The number of thiazole rings is 1. The summed E-state index contributed by atoms with van der Waals surface area (Å²) in [6, 6.07) is 13.4. The van der Waals surface area contributed by atoms with Gasteiger partial charge in [-0.1, -0.05) is 24.3 Å². The minimum atomic E-state index is -0.118. The molecule has 3 aromatic rings. The first-order chi connectivity index (χ1) is 12.6. The van der Waals surface area contributed by atoms with Crippen LogP contribution in [0.3, 0.4) is 0 Å². The van der Waals surface area contributed by atoms with Crippen LogP contribution in [-0.2, 0) is 9.59 Å². The molecule has 0 bridgehead atoms. The van der Waals surface area contributed by atoms with Gasteiger partial charge >= 0.3 is 0 Å². The Bertz CT molecular complexity index is 860. The molecule has 5 nitrogen and oxygen atoms in total. The van der Waals surface area contributed by atoms with E-state index < -0.39 is 0 Å². The average Bonchev–Trinajstić information content (AvgIpc) is 3.33. The number of benzene rings is 1. The van der Waals surface area contributed by atoms with Crippen molar-refractivity contribution in [1.82, 2.24) is 4.98 Å². The van der Waals surface area contributed by atoms with E-state index in [9.17, 15) is 9.59 Å². The first-order valence-electron chi connectivity index (χ1n) is 8.24. The Hall–Kier alpha value is -2.51. The lowest BCUT2D eigenvalue weighted by Crippen LogP contribution is -2.26. The number of hydrogen-bond donors (Lipinski definition) is 1. The van der Waals surface area contributed by atoms with Crippen molar-refractivity contribution >= 4 is 45.3 Å². The Morgan fingerprint density at radius 2 is 1.88 bits per heavy atom. The summed E-state index contributed by atoms with van der Waals surface area (Å²) in [5.41, 5.74) is 1.73. The van der Waals surface area contributed by atoms with Gasteiger partial charge in [0.2, 0.25) is 11.8 Å². The van der Waals surface area contributed by atoms with E-state index in [0.29, 0.717) is 24.4 Å². The molecule has 2 aromatic heterocycles. The van der Waals surface area contributed by atoms with E-state index in [1.807, 2.05) is 53.2 Å². The summed E-state index contributed by atoms with van der Waals surface area (Å²) >= 11 is 3.02. The highest BCUT2D eigenvalue weighted by Crippen LogP contribution is 2.28. The average molecular weight is 386 g/mol. The van der Waals surface area contributed by atoms with Gasteiger partial charge in [-0.3, -0.25) is 9.59 Å². The molecule has 3 rings (SSSR count). The van der Waals surface area contributed by atoms with Gasteiger partial charge in [0.15, 0.2) is 5.13 Å². The molecule has 2 amide bonds. The van der Waals surface area contributed by atoms with Crippen molar-refractivity contribution in [3.63, 3.8) is 0 Å². The van der Waals surface area contributed by atoms with Gasteiger partial charge in [-0.05, 0) is 30.0 Å². The molecule has 26 heavy (non-hydrogen) atoms. The van der Waals surface area contributed by atoms with Crippen LogP contribution < -0.4 is 10.2 Å². The minimum Gasteiger partial charge on any atom is -0.316 e. The third-order valence-electron chi connectivity index (χ3n) is 3.84. The molecule has 0 spiro atoms. The highest BCUT2D eigenvalue weighted by molar-refractivity contribution is 7.16. The summed E-state index contributed by atoms with van der Waals surface area (Å²) in [5.74, 6) is -0.120. The Labute approximate surface area is 160 Å². The molecular formula is C19H19N3O2S2. The summed E-state index contributed by atoms with van der Waals surface area (Å²) in [4.78, 5) is 31.4. The fourth-order valence-corrected chi connectivity index (χ4v) is 3.90. The van der Waals surface area contributed by atoms with Crippen molar-refractivity contribution < 1.29 is 9.59 Å². The van der Waals surface area contributed by atoms with Gasteiger partial charge < -0.3 is 10.2 Å². The van der Waals surface area contributed by atoms with Crippen LogP contribution in [0.15, 0.2) is 53.2 Å². The lowest BCUT2D eigenvalue weighted by Gasteiger charge is -2.17.